The Bertz CT molecular complexity index is 341. The Morgan fingerprint density at radius 1 is 1.38 bits per heavy atom. The third-order valence-electron chi connectivity index (χ3n) is 5.26. The maximum Gasteiger partial charge on any atom is 0.310 e. The molecule has 2 fully saturated rings. The molecule has 2 aliphatic rings. The van der Waals surface area contributed by atoms with Gasteiger partial charge in [0.25, 0.3) is 0 Å². The predicted molar refractivity (Wildman–Crippen MR) is 83.5 cm³/mol. The summed E-state index contributed by atoms with van der Waals surface area (Å²) in [4.78, 5) is 14.3. The van der Waals surface area contributed by atoms with Crippen LogP contribution in [0.15, 0.2) is 0 Å². The number of nitrogens with zero attached hydrogens (tertiary/aromatic N) is 1. The van der Waals surface area contributed by atoms with Crippen molar-refractivity contribution in [2.45, 2.75) is 77.4 Å². The lowest BCUT2D eigenvalue weighted by Crippen LogP contribution is -2.53. The van der Waals surface area contributed by atoms with Crippen LogP contribution in [0.25, 0.3) is 0 Å². The SMILES string of the molecule is CCCC1CC(N2CCCC(CCC)(C(=O)O)C2)CCO1. The Morgan fingerprint density at radius 2 is 2.19 bits per heavy atom. The van der Waals surface area contributed by atoms with Gasteiger partial charge < -0.3 is 9.84 Å². The van der Waals surface area contributed by atoms with Crippen LogP contribution in [0.2, 0.25) is 0 Å². The van der Waals surface area contributed by atoms with E-state index in [4.69, 9.17) is 4.74 Å². The summed E-state index contributed by atoms with van der Waals surface area (Å²) in [5.41, 5.74) is -0.508. The molecule has 21 heavy (non-hydrogen) atoms. The van der Waals surface area contributed by atoms with Gasteiger partial charge >= 0.3 is 5.97 Å². The van der Waals surface area contributed by atoms with E-state index in [-0.39, 0.29) is 0 Å². The monoisotopic (exact) mass is 297 g/mol. The van der Waals surface area contributed by atoms with Crippen LogP contribution in [-0.4, -0.2) is 47.8 Å². The Balaban J connectivity index is 2.00. The van der Waals surface area contributed by atoms with Crippen molar-refractivity contribution in [2.24, 2.45) is 5.41 Å². The third kappa shape index (κ3) is 3.98. The van der Waals surface area contributed by atoms with E-state index in [9.17, 15) is 9.90 Å². The lowest BCUT2D eigenvalue weighted by Gasteiger charge is -2.45. The second-order valence-corrected chi connectivity index (χ2v) is 6.87. The van der Waals surface area contributed by atoms with Crippen molar-refractivity contribution in [3.8, 4) is 0 Å². The number of ether oxygens (including phenoxy) is 1. The first-order valence-electron chi connectivity index (χ1n) is 8.70. The van der Waals surface area contributed by atoms with Crippen LogP contribution in [0, 0.1) is 5.41 Å². The van der Waals surface area contributed by atoms with E-state index in [0.29, 0.717) is 12.1 Å². The van der Waals surface area contributed by atoms with Crippen LogP contribution < -0.4 is 0 Å². The standard InChI is InChI=1S/C17H31NO3/c1-3-6-15-12-14(7-11-21-15)18-10-5-9-17(13-18,8-4-2)16(19)20/h14-15H,3-13H2,1-2H3,(H,19,20). The highest BCUT2D eigenvalue weighted by molar-refractivity contribution is 5.75. The highest BCUT2D eigenvalue weighted by Crippen LogP contribution is 2.37. The molecule has 2 aliphatic heterocycles. The minimum Gasteiger partial charge on any atom is -0.481 e. The lowest BCUT2D eigenvalue weighted by molar-refractivity contribution is -0.155. The van der Waals surface area contributed by atoms with Crippen LogP contribution in [0.1, 0.15) is 65.2 Å². The normalized spacial score (nSPS) is 34.8. The lowest BCUT2D eigenvalue weighted by atomic mass is 9.75. The molecule has 2 saturated heterocycles. The minimum absolute atomic E-state index is 0.376. The summed E-state index contributed by atoms with van der Waals surface area (Å²) >= 11 is 0. The minimum atomic E-state index is -0.591. The van der Waals surface area contributed by atoms with Gasteiger partial charge in [-0.25, -0.2) is 0 Å². The summed E-state index contributed by atoms with van der Waals surface area (Å²) in [6.07, 6.45) is 8.41. The summed E-state index contributed by atoms with van der Waals surface area (Å²) in [5.74, 6) is -0.591. The molecule has 0 saturated carbocycles. The maximum absolute atomic E-state index is 11.8. The third-order valence-corrected chi connectivity index (χ3v) is 5.26. The molecule has 2 heterocycles. The molecular weight excluding hydrogens is 266 g/mol. The number of piperidine rings is 1. The fourth-order valence-electron chi connectivity index (χ4n) is 4.16. The highest BCUT2D eigenvalue weighted by atomic mass is 16.5. The molecule has 4 heteroatoms. The smallest absolute Gasteiger partial charge is 0.310 e. The van der Waals surface area contributed by atoms with E-state index in [1.54, 1.807) is 0 Å². The number of hydrogen-bond donors (Lipinski definition) is 1. The largest absolute Gasteiger partial charge is 0.481 e. The van der Waals surface area contributed by atoms with Crippen molar-refractivity contribution in [3.63, 3.8) is 0 Å². The molecule has 0 aromatic carbocycles. The summed E-state index contributed by atoms with van der Waals surface area (Å²) < 4.78 is 5.84. The number of likely N-dealkylation sites (tertiary alicyclic amines) is 1. The Morgan fingerprint density at radius 3 is 2.86 bits per heavy atom. The van der Waals surface area contributed by atoms with Crippen molar-refractivity contribution in [1.29, 1.82) is 0 Å². The van der Waals surface area contributed by atoms with Gasteiger partial charge in [-0.1, -0.05) is 26.7 Å². The van der Waals surface area contributed by atoms with E-state index < -0.39 is 11.4 Å². The summed E-state index contributed by atoms with van der Waals surface area (Å²) in [6, 6.07) is 0.520. The average molecular weight is 297 g/mol. The summed E-state index contributed by atoms with van der Waals surface area (Å²) in [5, 5.41) is 9.72. The van der Waals surface area contributed by atoms with Gasteiger partial charge in [0.1, 0.15) is 0 Å². The van der Waals surface area contributed by atoms with Gasteiger partial charge in [0, 0.05) is 19.2 Å². The van der Waals surface area contributed by atoms with Gasteiger partial charge in [-0.2, -0.15) is 0 Å². The molecule has 1 N–H and O–H groups in total. The van der Waals surface area contributed by atoms with Crippen molar-refractivity contribution >= 4 is 5.97 Å². The molecule has 0 amide bonds. The van der Waals surface area contributed by atoms with E-state index in [1.807, 2.05) is 0 Å². The molecule has 0 bridgehead atoms. The number of carbonyl (C=O) groups is 1. The average Bonchev–Trinajstić information content (AvgIpc) is 2.48. The molecule has 122 valence electrons. The van der Waals surface area contributed by atoms with Gasteiger partial charge in [0.15, 0.2) is 0 Å². The molecule has 0 aromatic heterocycles. The molecule has 0 aromatic rings. The maximum atomic E-state index is 11.8. The van der Waals surface area contributed by atoms with Gasteiger partial charge in [0.2, 0.25) is 0 Å². The zero-order chi connectivity index (χ0) is 15.3. The second-order valence-electron chi connectivity index (χ2n) is 6.87. The quantitative estimate of drug-likeness (QED) is 0.817. The van der Waals surface area contributed by atoms with Crippen LogP contribution in [-0.2, 0) is 9.53 Å². The number of rotatable bonds is 6. The fourth-order valence-corrected chi connectivity index (χ4v) is 4.16. The first kappa shape index (κ1) is 16.8. The van der Waals surface area contributed by atoms with Crippen molar-refractivity contribution in [2.75, 3.05) is 19.7 Å². The molecule has 2 rings (SSSR count). The number of carboxylic acid groups (broad SMARTS) is 1. The van der Waals surface area contributed by atoms with Crippen LogP contribution >= 0.6 is 0 Å². The second kappa shape index (κ2) is 7.59. The van der Waals surface area contributed by atoms with E-state index in [0.717, 1.165) is 71.1 Å². The zero-order valence-corrected chi connectivity index (χ0v) is 13.6. The predicted octanol–water partition coefficient (Wildman–Crippen LogP) is 3.30. The Labute approximate surface area is 128 Å². The Kier molecular flexibility index (Phi) is 6.06. The van der Waals surface area contributed by atoms with Crippen molar-refractivity contribution in [1.82, 2.24) is 4.90 Å². The number of carboxylic acids is 1. The number of aliphatic carboxylic acids is 1. The summed E-state index contributed by atoms with van der Waals surface area (Å²) in [6.45, 7) is 6.92. The topological polar surface area (TPSA) is 49.8 Å². The molecule has 0 radical (unpaired) electrons. The first-order valence-corrected chi connectivity index (χ1v) is 8.70. The van der Waals surface area contributed by atoms with Gasteiger partial charge in [-0.05, 0) is 45.1 Å². The number of hydrogen-bond acceptors (Lipinski definition) is 3. The summed E-state index contributed by atoms with van der Waals surface area (Å²) in [7, 11) is 0. The zero-order valence-electron chi connectivity index (χ0n) is 13.6. The van der Waals surface area contributed by atoms with Crippen molar-refractivity contribution in [3.05, 3.63) is 0 Å². The van der Waals surface area contributed by atoms with Crippen LogP contribution in [0.5, 0.6) is 0 Å². The fraction of sp³-hybridized carbons (Fsp3) is 0.941. The van der Waals surface area contributed by atoms with Crippen LogP contribution in [0.4, 0.5) is 0 Å². The van der Waals surface area contributed by atoms with Crippen LogP contribution in [0.3, 0.4) is 0 Å². The Hall–Kier alpha value is -0.610. The molecule has 4 nitrogen and oxygen atoms in total. The van der Waals surface area contributed by atoms with E-state index >= 15 is 0 Å². The van der Waals surface area contributed by atoms with Gasteiger partial charge in [-0.15, -0.1) is 0 Å². The molecule has 0 spiro atoms. The molecular formula is C17H31NO3. The molecule has 3 atom stereocenters. The van der Waals surface area contributed by atoms with E-state index in [2.05, 4.69) is 18.7 Å². The first-order chi connectivity index (χ1) is 10.1. The van der Waals surface area contributed by atoms with Gasteiger partial charge in [0.05, 0.1) is 11.5 Å². The molecule has 3 unspecified atom stereocenters. The highest BCUT2D eigenvalue weighted by Gasteiger charge is 2.43. The van der Waals surface area contributed by atoms with Gasteiger partial charge in [-0.3, -0.25) is 9.69 Å². The van der Waals surface area contributed by atoms with E-state index in [1.165, 1.54) is 0 Å². The molecule has 0 aliphatic carbocycles. The van der Waals surface area contributed by atoms with Crippen molar-refractivity contribution < 1.29 is 14.6 Å².